The van der Waals surface area contributed by atoms with Gasteiger partial charge in [0.25, 0.3) is 0 Å². The van der Waals surface area contributed by atoms with Gasteiger partial charge in [-0.1, -0.05) is 12.8 Å². The Morgan fingerprint density at radius 2 is 2.42 bits per heavy atom. The highest BCUT2D eigenvalue weighted by Gasteiger charge is 2.53. The molecule has 0 aromatic heterocycles. The molecule has 2 aliphatic rings. The Morgan fingerprint density at radius 1 is 1.58 bits per heavy atom. The molecule has 0 bridgehead atoms. The molecule has 0 saturated heterocycles. The second-order valence-electron chi connectivity index (χ2n) is 4.49. The summed E-state index contributed by atoms with van der Waals surface area (Å²) in [5, 5.41) is 0. The van der Waals surface area contributed by atoms with Gasteiger partial charge in [0.05, 0.1) is 6.61 Å². The van der Waals surface area contributed by atoms with Crippen molar-refractivity contribution in [3.05, 3.63) is 0 Å². The van der Waals surface area contributed by atoms with Crippen LogP contribution in [0.5, 0.6) is 0 Å². The van der Waals surface area contributed by atoms with Crippen molar-refractivity contribution in [3.63, 3.8) is 0 Å². The molecule has 2 saturated carbocycles. The zero-order chi connectivity index (χ0) is 8.60. The zero-order valence-electron chi connectivity index (χ0n) is 7.88. The molecule has 2 heteroatoms. The first-order chi connectivity index (χ1) is 5.82. The third kappa shape index (κ3) is 1.17. The quantitative estimate of drug-likeness (QED) is 0.693. The van der Waals surface area contributed by atoms with Gasteiger partial charge in [-0.25, -0.2) is 0 Å². The van der Waals surface area contributed by atoms with Gasteiger partial charge in [0, 0.05) is 19.1 Å². The Hall–Kier alpha value is -0.0800. The summed E-state index contributed by atoms with van der Waals surface area (Å²) in [4.78, 5) is 0. The average Bonchev–Trinajstić information content (AvgIpc) is 2.85. The number of rotatable bonds is 3. The summed E-state index contributed by atoms with van der Waals surface area (Å²) in [5.41, 5.74) is 6.22. The molecule has 0 aliphatic heterocycles. The van der Waals surface area contributed by atoms with Gasteiger partial charge in [0.1, 0.15) is 0 Å². The Bertz CT molecular complexity index is 167. The van der Waals surface area contributed by atoms with Crippen LogP contribution >= 0.6 is 0 Å². The summed E-state index contributed by atoms with van der Waals surface area (Å²) < 4.78 is 5.29. The molecular weight excluding hydrogens is 150 g/mol. The number of nitrogens with two attached hydrogens (primary N) is 1. The third-order valence-corrected chi connectivity index (χ3v) is 3.80. The first-order valence-corrected chi connectivity index (χ1v) is 5.01. The van der Waals surface area contributed by atoms with Gasteiger partial charge in [0.15, 0.2) is 0 Å². The first kappa shape index (κ1) is 8.52. The van der Waals surface area contributed by atoms with Crippen LogP contribution in [-0.2, 0) is 4.74 Å². The minimum absolute atomic E-state index is 0.359. The van der Waals surface area contributed by atoms with Crippen LogP contribution < -0.4 is 5.73 Å². The van der Waals surface area contributed by atoms with Crippen LogP contribution in [0.4, 0.5) is 0 Å². The van der Waals surface area contributed by atoms with E-state index >= 15 is 0 Å². The van der Waals surface area contributed by atoms with E-state index in [0.717, 1.165) is 25.0 Å². The Balaban J connectivity index is 2.04. The van der Waals surface area contributed by atoms with Crippen molar-refractivity contribution in [2.45, 2.75) is 25.7 Å². The Kier molecular flexibility index (Phi) is 2.13. The molecule has 2 fully saturated rings. The fourth-order valence-electron chi connectivity index (χ4n) is 3.00. The molecule has 3 unspecified atom stereocenters. The second-order valence-corrected chi connectivity index (χ2v) is 4.49. The number of hydrogen-bond donors (Lipinski definition) is 1. The minimum Gasteiger partial charge on any atom is -0.384 e. The molecule has 0 amide bonds. The second kappa shape index (κ2) is 3.00. The SMILES string of the molecule is COCC1(CN)CCCC2CC21. The van der Waals surface area contributed by atoms with Crippen molar-refractivity contribution in [2.24, 2.45) is 23.0 Å². The highest BCUT2D eigenvalue weighted by molar-refractivity contribution is 5.04. The molecular formula is C10H19NO. The van der Waals surface area contributed by atoms with E-state index < -0.39 is 0 Å². The minimum atomic E-state index is 0.359. The van der Waals surface area contributed by atoms with E-state index in [1.165, 1.54) is 25.7 Å². The smallest absolute Gasteiger partial charge is 0.0533 e. The van der Waals surface area contributed by atoms with Crippen molar-refractivity contribution < 1.29 is 4.74 Å². The molecule has 0 spiro atoms. The fraction of sp³-hybridized carbons (Fsp3) is 1.00. The maximum absolute atomic E-state index is 5.86. The van der Waals surface area contributed by atoms with E-state index in [1.807, 2.05) is 0 Å². The third-order valence-electron chi connectivity index (χ3n) is 3.80. The molecule has 0 aromatic rings. The monoisotopic (exact) mass is 169 g/mol. The van der Waals surface area contributed by atoms with Gasteiger partial charge >= 0.3 is 0 Å². The fourth-order valence-corrected chi connectivity index (χ4v) is 3.00. The highest BCUT2D eigenvalue weighted by Crippen LogP contribution is 2.58. The topological polar surface area (TPSA) is 35.2 Å². The Morgan fingerprint density at radius 3 is 3.08 bits per heavy atom. The molecule has 0 aromatic carbocycles. The average molecular weight is 169 g/mol. The van der Waals surface area contributed by atoms with Gasteiger partial charge < -0.3 is 10.5 Å². The van der Waals surface area contributed by atoms with Crippen LogP contribution in [0.15, 0.2) is 0 Å². The lowest BCUT2D eigenvalue weighted by atomic mass is 9.74. The van der Waals surface area contributed by atoms with Gasteiger partial charge in [-0.2, -0.15) is 0 Å². The highest BCUT2D eigenvalue weighted by atomic mass is 16.5. The molecule has 2 N–H and O–H groups in total. The van der Waals surface area contributed by atoms with Gasteiger partial charge in [-0.3, -0.25) is 0 Å². The zero-order valence-corrected chi connectivity index (χ0v) is 7.88. The van der Waals surface area contributed by atoms with Gasteiger partial charge in [-0.05, 0) is 24.7 Å². The van der Waals surface area contributed by atoms with Crippen molar-refractivity contribution in [3.8, 4) is 0 Å². The predicted octanol–water partition coefficient (Wildman–Crippen LogP) is 1.40. The standard InChI is InChI=1S/C10H19NO/c1-12-7-10(6-11)4-2-3-8-5-9(8)10/h8-9H,2-7,11H2,1H3. The van der Waals surface area contributed by atoms with Gasteiger partial charge in [0.2, 0.25) is 0 Å². The number of fused-ring (bicyclic) bond motifs is 1. The number of methoxy groups -OCH3 is 1. The van der Waals surface area contributed by atoms with Crippen molar-refractivity contribution in [2.75, 3.05) is 20.3 Å². The molecule has 0 heterocycles. The summed E-state index contributed by atoms with van der Waals surface area (Å²) in [6.45, 7) is 1.70. The van der Waals surface area contributed by atoms with Crippen molar-refractivity contribution >= 4 is 0 Å². The van der Waals surface area contributed by atoms with E-state index in [4.69, 9.17) is 10.5 Å². The molecule has 12 heavy (non-hydrogen) atoms. The van der Waals surface area contributed by atoms with E-state index in [0.29, 0.717) is 5.41 Å². The van der Waals surface area contributed by atoms with Crippen LogP contribution in [-0.4, -0.2) is 20.3 Å². The van der Waals surface area contributed by atoms with Crippen molar-refractivity contribution in [1.82, 2.24) is 0 Å². The Labute approximate surface area is 74.5 Å². The lowest BCUT2D eigenvalue weighted by Crippen LogP contribution is -2.39. The van der Waals surface area contributed by atoms with E-state index in [1.54, 1.807) is 7.11 Å². The summed E-state index contributed by atoms with van der Waals surface area (Å²) >= 11 is 0. The van der Waals surface area contributed by atoms with Crippen LogP contribution in [0.2, 0.25) is 0 Å². The lowest BCUT2D eigenvalue weighted by molar-refractivity contribution is 0.0433. The summed E-state index contributed by atoms with van der Waals surface area (Å²) in [6, 6.07) is 0. The lowest BCUT2D eigenvalue weighted by Gasteiger charge is -2.35. The molecule has 2 nitrogen and oxygen atoms in total. The molecule has 0 radical (unpaired) electrons. The van der Waals surface area contributed by atoms with Crippen molar-refractivity contribution in [1.29, 1.82) is 0 Å². The summed E-state index contributed by atoms with van der Waals surface area (Å²) in [7, 11) is 1.80. The van der Waals surface area contributed by atoms with Crippen LogP contribution in [0.25, 0.3) is 0 Å². The summed E-state index contributed by atoms with van der Waals surface area (Å²) in [5.74, 6) is 1.90. The van der Waals surface area contributed by atoms with Crippen LogP contribution in [0.3, 0.4) is 0 Å². The molecule has 3 atom stereocenters. The predicted molar refractivity (Wildman–Crippen MR) is 48.8 cm³/mol. The van der Waals surface area contributed by atoms with E-state index in [-0.39, 0.29) is 0 Å². The van der Waals surface area contributed by atoms with Crippen LogP contribution in [0, 0.1) is 17.3 Å². The first-order valence-electron chi connectivity index (χ1n) is 5.01. The van der Waals surface area contributed by atoms with Gasteiger partial charge in [-0.15, -0.1) is 0 Å². The molecule has 70 valence electrons. The van der Waals surface area contributed by atoms with E-state index in [9.17, 15) is 0 Å². The molecule has 2 rings (SSSR count). The summed E-state index contributed by atoms with van der Waals surface area (Å²) in [6.07, 6.45) is 5.51. The largest absolute Gasteiger partial charge is 0.384 e. The van der Waals surface area contributed by atoms with Crippen LogP contribution in [0.1, 0.15) is 25.7 Å². The number of hydrogen-bond acceptors (Lipinski definition) is 2. The molecule has 2 aliphatic carbocycles. The number of ether oxygens (including phenoxy) is 1. The maximum Gasteiger partial charge on any atom is 0.0533 e. The maximum atomic E-state index is 5.86. The van der Waals surface area contributed by atoms with E-state index in [2.05, 4.69) is 0 Å². The normalized spacial score (nSPS) is 45.5.